The fraction of sp³-hybridized carbons (Fsp3) is 0.500. The minimum absolute atomic E-state index is 0.0333. The Bertz CT molecular complexity index is 579. The second-order valence-corrected chi connectivity index (χ2v) is 6.42. The molecular formula is C16H24N4OS. The molecule has 0 saturated heterocycles. The van der Waals surface area contributed by atoms with Crippen molar-refractivity contribution in [1.82, 2.24) is 20.4 Å². The maximum absolute atomic E-state index is 11.8. The number of aryl methyl sites for hydroxylation is 1. The van der Waals surface area contributed by atoms with Crippen LogP contribution in [0.1, 0.15) is 31.0 Å². The van der Waals surface area contributed by atoms with Crippen LogP contribution in [-0.2, 0) is 11.2 Å². The number of hydrogen-bond acceptors (Lipinski definition) is 4. The third-order valence-corrected chi connectivity index (χ3v) is 4.50. The Hall–Kier alpha value is -1.66. The van der Waals surface area contributed by atoms with Gasteiger partial charge in [-0.2, -0.15) is 16.4 Å². The molecule has 2 aromatic rings. The van der Waals surface area contributed by atoms with Crippen LogP contribution in [0.15, 0.2) is 29.2 Å². The van der Waals surface area contributed by atoms with E-state index in [0.29, 0.717) is 13.1 Å². The van der Waals surface area contributed by atoms with Crippen LogP contribution < -0.4 is 10.6 Å². The normalized spacial score (nSPS) is 13.8. The van der Waals surface area contributed by atoms with Crippen LogP contribution in [0, 0.1) is 6.92 Å². The van der Waals surface area contributed by atoms with Crippen LogP contribution in [0.25, 0.3) is 0 Å². The number of aromatic nitrogens is 2. The van der Waals surface area contributed by atoms with E-state index in [1.54, 1.807) is 11.3 Å². The number of hydrogen-bond donors (Lipinski definition) is 2. The lowest BCUT2D eigenvalue weighted by molar-refractivity contribution is -0.120. The van der Waals surface area contributed by atoms with E-state index in [9.17, 15) is 4.79 Å². The van der Waals surface area contributed by atoms with Crippen molar-refractivity contribution in [3.05, 3.63) is 40.3 Å². The maximum Gasteiger partial charge on any atom is 0.233 e. The lowest BCUT2D eigenvalue weighted by Crippen LogP contribution is -2.41. The first-order chi connectivity index (χ1) is 10.6. The highest BCUT2D eigenvalue weighted by Gasteiger charge is 2.15. The number of nitrogens with one attached hydrogen (secondary N) is 2. The van der Waals surface area contributed by atoms with Gasteiger partial charge in [-0.15, -0.1) is 0 Å². The van der Waals surface area contributed by atoms with Gasteiger partial charge in [-0.05, 0) is 55.1 Å². The summed E-state index contributed by atoms with van der Waals surface area (Å²) in [6.07, 6.45) is 4.75. The molecule has 1 amide bonds. The van der Waals surface area contributed by atoms with E-state index >= 15 is 0 Å². The van der Waals surface area contributed by atoms with Crippen LogP contribution in [0.5, 0.6) is 0 Å². The first-order valence-electron chi connectivity index (χ1n) is 7.58. The number of carbonyl (C=O) groups is 1. The van der Waals surface area contributed by atoms with Crippen molar-refractivity contribution in [2.75, 3.05) is 13.1 Å². The molecule has 2 aromatic heterocycles. The predicted octanol–water partition coefficient (Wildman–Crippen LogP) is 2.15. The second kappa shape index (κ2) is 8.10. The first-order valence-corrected chi connectivity index (χ1v) is 8.52. The highest BCUT2D eigenvalue weighted by atomic mass is 32.1. The smallest absolute Gasteiger partial charge is 0.233 e. The Labute approximate surface area is 135 Å². The number of thiophene rings is 1. The van der Waals surface area contributed by atoms with Crippen LogP contribution in [0.3, 0.4) is 0 Å². The van der Waals surface area contributed by atoms with Gasteiger partial charge in [0.15, 0.2) is 0 Å². The second-order valence-electron chi connectivity index (χ2n) is 5.64. The van der Waals surface area contributed by atoms with Crippen LogP contribution >= 0.6 is 11.3 Å². The lowest BCUT2D eigenvalue weighted by Gasteiger charge is -2.21. The molecule has 2 rings (SSSR count). The summed E-state index contributed by atoms with van der Waals surface area (Å²) < 4.78 is 1.93. The van der Waals surface area contributed by atoms with Crippen LogP contribution in [0.2, 0.25) is 0 Å². The molecule has 0 unspecified atom stereocenters. The Morgan fingerprint density at radius 1 is 1.45 bits per heavy atom. The number of rotatable bonds is 8. The lowest BCUT2D eigenvalue weighted by atomic mass is 10.1. The van der Waals surface area contributed by atoms with Crippen LogP contribution in [-0.4, -0.2) is 34.8 Å². The van der Waals surface area contributed by atoms with E-state index in [-0.39, 0.29) is 18.0 Å². The van der Waals surface area contributed by atoms with E-state index < -0.39 is 0 Å². The van der Waals surface area contributed by atoms with Gasteiger partial charge in [0.2, 0.25) is 5.91 Å². The minimum Gasteiger partial charge on any atom is -0.355 e. The number of carbonyl (C=O) groups excluding carboxylic acids is 1. The van der Waals surface area contributed by atoms with Gasteiger partial charge in [0.05, 0.1) is 18.8 Å². The maximum atomic E-state index is 11.8. The highest BCUT2D eigenvalue weighted by Crippen LogP contribution is 2.10. The molecule has 2 atom stereocenters. The average molecular weight is 320 g/mol. The molecule has 0 fully saturated rings. The molecule has 0 aliphatic rings. The van der Waals surface area contributed by atoms with Gasteiger partial charge in [-0.1, -0.05) is 0 Å². The quantitative estimate of drug-likeness (QED) is 0.783. The fourth-order valence-corrected chi connectivity index (χ4v) is 2.86. The molecule has 120 valence electrons. The minimum atomic E-state index is 0.0333. The van der Waals surface area contributed by atoms with Crippen molar-refractivity contribution in [1.29, 1.82) is 0 Å². The molecule has 2 heterocycles. The van der Waals surface area contributed by atoms with Gasteiger partial charge in [0.25, 0.3) is 0 Å². The largest absolute Gasteiger partial charge is 0.355 e. The van der Waals surface area contributed by atoms with Crippen molar-refractivity contribution in [3.8, 4) is 0 Å². The monoisotopic (exact) mass is 320 g/mol. The van der Waals surface area contributed by atoms with Gasteiger partial charge in [0, 0.05) is 18.8 Å². The van der Waals surface area contributed by atoms with Gasteiger partial charge in [-0.25, -0.2) is 0 Å². The molecule has 0 aliphatic carbocycles. The average Bonchev–Trinajstić information content (AvgIpc) is 3.15. The number of amides is 1. The standard InChI is InChI=1S/C16H24N4OS/c1-12-8-19-20(10-12)14(3)13(2)18-9-16(21)17-6-4-15-5-7-22-11-15/h5,7-8,10-11,13-14,18H,4,6,9H2,1-3H3,(H,17,21)/t13-,14-/m0/s1. The van der Waals surface area contributed by atoms with Crippen molar-refractivity contribution in [2.24, 2.45) is 0 Å². The first kappa shape index (κ1) is 16.7. The summed E-state index contributed by atoms with van der Waals surface area (Å²) in [6, 6.07) is 2.46. The van der Waals surface area contributed by atoms with E-state index in [4.69, 9.17) is 0 Å². The van der Waals surface area contributed by atoms with Gasteiger partial charge in [-0.3, -0.25) is 9.48 Å². The fourth-order valence-electron chi connectivity index (χ4n) is 2.15. The van der Waals surface area contributed by atoms with Gasteiger partial charge >= 0.3 is 0 Å². The molecule has 0 spiro atoms. The van der Waals surface area contributed by atoms with E-state index in [2.05, 4.69) is 46.4 Å². The Morgan fingerprint density at radius 3 is 2.91 bits per heavy atom. The van der Waals surface area contributed by atoms with Gasteiger partial charge in [0.1, 0.15) is 0 Å². The third-order valence-electron chi connectivity index (χ3n) is 3.77. The van der Waals surface area contributed by atoms with Crippen molar-refractivity contribution >= 4 is 17.2 Å². The van der Waals surface area contributed by atoms with Crippen molar-refractivity contribution in [3.63, 3.8) is 0 Å². The molecule has 0 saturated carbocycles. The number of nitrogens with zero attached hydrogens (tertiary/aromatic N) is 2. The molecule has 6 heteroatoms. The molecule has 5 nitrogen and oxygen atoms in total. The summed E-state index contributed by atoms with van der Waals surface area (Å²) in [6.45, 7) is 7.20. The topological polar surface area (TPSA) is 59.0 Å². The predicted molar refractivity (Wildman–Crippen MR) is 90.2 cm³/mol. The van der Waals surface area contributed by atoms with E-state index in [0.717, 1.165) is 12.0 Å². The third kappa shape index (κ3) is 4.96. The highest BCUT2D eigenvalue weighted by molar-refractivity contribution is 7.07. The molecular weight excluding hydrogens is 296 g/mol. The molecule has 0 radical (unpaired) electrons. The molecule has 0 aliphatic heterocycles. The summed E-state index contributed by atoms with van der Waals surface area (Å²) in [5, 5.41) is 14.7. The zero-order valence-electron chi connectivity index (χ0n) is 13.4. The summed E-state index contributed by atoms with van der Waals surface area (Å²) in [4.78, 5) is 11.8. The Balaban J connectivity index is 1.66. The summed E-state index contributed by atoms with van der Waals surface area (Å²) in [5.41, 5.74) is 2.42. The summed E-state index contributed by atoms with van der Waals surface area (Å²) in [7, 11) is 0. The molecule has 22 heavy (non-hydrogen) atoms. The van der Waals surface area contributed by atoms with Crippen molar-refractivity contribution < 1.29 is 4.79 Å². The van der Waals surface area contributed by atoms with Gasteiger partial charge < -0.3 is 10.6 Å². The Morgan fingerprint density at radius 2 is 2.27 bits per heavy atom. The molecule has 0 aromatic carbocycles. The zero-order chi connectivity index (χ0) is 15.9. The summed E-state index contributed by atoms with van der Waals surface area (Å²) in [5.74, 6) is 0.0333. The SMILES string of the molecule is Cc1cnn([C@@H](C)[C@H](C)NCC(=O)NCCc2ccsc2)c1. The van der Waals surface area contributed by atoms with E-state index in [1.807, 2.05) is 24.0 Å². The molecule has 0 bridgehead atoms. The van der Waals surface area contributed by atoms with E-state index in [1.165, 1.54) is 5.56 Å². The van der Waals surface area contributed by atoms with Crippen molar-refractivity contribution in [2.45, 2.75) is 39.3 Å². The Kier molecular flexibility index (Phi) is 6.15. The summed E-state index contributed by atoms with van der Waals surface area (Å²) >= 11 is 1.68. The molecule has 2 N–H and O–H groups in total. The zero-order valence-corrected chi connectivity index (χ0v) is 14.2. The van der Waals surface area contributed by atoms with Crippen LogP contribution in [0.4, 0.5) is 0 Å².